The van der Waals surface area contributed by atoms with Crippen LogP contribution in [0.5, 0.6) is 0 Å². The quantitative estimate of drug-likeness (QED) is 0.321. The van der Waals surface area contributed by atoms with Gasteiger partial charge in [-0.25, -0.2) is 19.4 Å². The summed E-state index contributed by atoms with van der Waals surface area (Å²) in [4.78, 5) is 23.7. The van der Waals surface area contributed by atoms with Gasteiger partial charge in [-0.1, -0.05) is 6.07 Å². The summed E-state index contributed by atoms with van der Waals surface area (Å²) in [6.07, 6.45) is 0.437. The Morgan fingerprint density at radius 3 is 1.50 bits per heavy atom. The van der Waals surface area contributed by atoms with Crippen molar-refractivity contribution in [1.82, 2.24) is 0 Å². The van der Waals surface area contributed by atoms with E-state index in [0.717, 1.165) is 22.5 Å². The molecular formula is C20H28N2O8. The first kappa shape index (κ1) is 20.4. The van der Waals surface area contributed by atoms with E-state index in [4.69, 9.17) is 38.3 Å². The SMILES string of the molecule is Cc1ccc(N(OCC2CO2)OCC2CO2)c(C)c1N(OCC1CO1)OCC1CO1. The van der Waals surface area contributed by atoms with Gasteiger partial charge in [0.05, 0.1) is 32.1 Å². The van der Waals surface area contributed by atoms with Crippen LogP contribution in [0.4, 0.5) is 11.4 Å². The van der Waals surface area contributed by atoms with Crippen molar-refractivity contribution in [3.63, 3.8) is 0 Å². The molecule has 0 aromatic heterocycles. The number of nitrogens with zero attached hydrogens (tertiary/aromatic N) is 2. The van der Waals surface area contributed by atoms with Crippen molar-refractivity contribution in [3.05, 3.63) is 23.3 Å². The number of hydrogen-bond acceptors (Lipinski definition) is 10. The van der Waals surface area contributed by atoms with Crippen LogP contribution in [0.25, 0.3) is 0 Å². The summed E-state index contributed by atoms with van der Waals surface area (Å²) < 4.78 is 21.1. The van der Waals surface area contributed by atoms with Crippen LogP contribution in [0, 0.1) is 13.8 Å². The minimum absolute atomic E-state index is 0.109. The van der Waals surface area contributed by atoms with Crippen molar-refractivity contribution in [3.8, 4) is 0 Å². The van der Waals surface area contributed by atoms with Crippen molar-refractivity contribution >= 4 is 11.4 Å². The van der Waals surface area contributed by atoms with Gasteiger partial charge in [-0.2, -0.15) is 0 Å². The third kappa shape index (κ3) is 5.59. The molecule has 4 saturated heterocycles. The summed E-state index contributed by atoms with van der Waals surface area (Å²) in [5.74, 6) is 0. The van der Waals surface area contributed by atoms with E-state index >= 15 is 0 Å². The zero-order valence-electron chi connectivity index (χ0n) is 17.3. The fraction of sp³-hybridized carbons (Fsp3) is 0.700. The standard InChI is InChI=1S/C20H28N2O8/c1-13-3-4-19(21(27-9-15-5-23-15)28-10-16-6-24-16)14(2)20(13)22(29-11-17-7-25-17)30-12-18-8-26-18/h3-4,15-18H,5-12H2,1-2H3. The molecule has 4 atom stereocenters. The molecular weight excluding hydrogens is 396 g/mol. The second kappa shape index (κ2) is 8.93. The third-order valence-electron chi connectivity index (χ3n) is 5.10. The molecule has 166 valence electrons. The number of anilines is 2. The fourth-order valence-corrected chi connectivity index (χ4v) is 2.91. The Hall–Kier alpha value is -1.50. The number of hydrogen-bond donors (Lipinski definition) is 0. The van der Waals surface area contributed by atoms with Gasteiger partial charge in [0.2, 0.25) is 0 Å². The topological polar surface area (TPSA) is 93.5 Å². The minimum Gasteiger partial charge on any atom is -0.371 e. The van der Waals surface area contributed by atoms with Crippen LogP contribution < -0.4 is 10.5 Å². The zero-order chi connectivity index (χ0) is 20.5. The Labute approximate surface area is 175 Å². The normalized spacial score (nSPS) is 28.3. The van der Waals surface area contributed by atoms with Crippen LogP contribution >= 0.6 is 0 Å². The number of ether oxygens (including phenoxy) is 4. The summed E-state index contributed by atoms with van der Waals surface area (Å²) in [6.45, 7) is 8.51. The molecule has 0 spiro atoms. The van der Waals surface area contributed by atoms with Gasteiger partial charge in [-0.3, -0.25) is 0 Å². The molecule has 0 aliphatic carbocycles. The molecule has 5 rings (SSSR count). The molecule has 4 aliphatic rings. The molecule has 0 bridgehead atoms. The van der Waals surface area contributed by atoms with E-state index < -0.39 is 0 Å². The number of aryl methyl sites for hydroxylation is 1. The molecule has 0 saturated carbocycles. The van der Waals surface area contributed by atoms with Crippen LogP contribution in [0.2, 0.25) is 0 Å². The minimum atomic E-state index is 0.109. The van der Waals surface area contributed by atoms with Crippen LogP contribution in [0.15, 0.2) is 12.1 Å². The Morgan fingerprint density at radius 2 is 1.10 bits per heavy atom. The van der Waals surface area contributed by atoms with E-state index in [-0.39, 0.29) is 24.4 Å². The largest absolute Gasteiger partial charge is 0.371 e. The van der Waals surface area contributed by atoms with Crippen LogP contribution in [-0.4, -0.2) is 77.3 Å². The average Bonchev–Trinajstić information content (AvgIpc) is 3.52. The van der Waals surface area contributed by atoms with E-state index in [1.54, 1.807) is 0 Å². The predicted octanol–water partition coefficient (Wildman–Crippen LogP) is 1.24. The van der Waals surface area contributed by atoms with Gasteiger partial charge < -0.3 is 18.9 Å². The Balaban J connectivity index is 1.35. The first-order valence-electron chi connectivity index (χ1n) is 10.4. The lowest BCUT2D eigenvalue weighted by atomic mass is 10.1. The van der Waals surface area contributed by atoms with Gasteiger partial charge in [-0.15, -0.1) is 10.5 Å². The second-order valence-corrected chi connectivity index (χ2v) is 7.89. The molecule has 0 radical (unpaired) electrons. The highest BCUT2D eigenvalue weighted by molar-refractivity contribution is 5.67. The summed E-state index contributed by atoms with van der Waals surface area (Å²) in [7, 11) is 0. The van der Waals surface area contributed by atoms with Crippen molar-refractivity contribution in [2.24, 2.45) is 0 Å². The molecule has 4 unspecified atom stereocenters. The zero-order valence-corrected chi connectivity index (χ0v) is 17.3. The van der Waals surface area contributed by atoms with Gasteiger partial charge in [0.15, 0.2) is 0 Å². The van der Waals surface area contributed by atoms with Crippen LogP contribution in [-0.2, 0) is 38.3 Å². The van der Waals surface area contributed by atoms with Crippen molar-refractivity contribution in [2.45, 2.75) is 38.3 Å². The molecule has 1 aromatic rings. The van der Waals surface area contributed by atoms with Crippen LogP contribution in [0.3, 0.4) is 0 Å². The maximum absolute atomic E-state index is 5.93. The molecule has 0 N–H and O–H groups in total. The highest BCUT2D eigenvalue weighted by atomic mass is 17.0. The lowest BCUT2D eigenvalue weighted by Crippen LogP contribution is -2.31. The Bertz CT molecular complexity index is 702. The monoisotopic (exact) mass is 424 g/mol. The first-order valence-corrected chi connectivity index (χ1v) is 10.4. The summed E-state index contributed by atoms with van der Waals surface area (Å²) >= 11 is 0. The van der Waals surface area contributed by atoms with E-state index in [9.17, 15) is 0 Å². The van der Waals surface area contributed by atoms with Gasteiger partial charge in [0.1, 0.15) is 56.5 Å². The molecule has 1 aromatic carbocycles. The van der Waals surface area contributed by atoms with Gasteiger partial charge >= 0.3 is 0 Å². The maximum atomic E-state index is 5.93. The van der Waals surface area contributed by atoms with Crippen molar-refractivity contribution in [1.29, 1.82) is 0 Å². The third-order valence-corrected chi connectivity index (χ3v) is 5.10. The van der Waals surface area contributed by atoms with Gasteiger partial charge in [0, 0.05) is 5.56 Å². The van der Waals surface area contributed by atoms with Crippen molar-refractivity contribution in [2.75, 3.05) is 63.3 Å². The summed E-state index contributed by atoms with van der Waals surface area (Å²) in [5, 5.41) is 2.93. The Kier molecular flexibility index (Phi) is 6.07. The molecule has 0 amide bonds. The molecule has 10 nitrogen and oxygen atoms in total. The second-order valence-electron chi connectivity index (χ2n) is 7.89. The number of epoxide rings is 4. The summed E-state index contributed by atoms with van der Waals surface area (Å²) in [6, 6.07) is 3.95. The summed E-state index contributed by atoms with van der Waals surface area (Å²) in [5.41, 5.74) is 3.47. The highest BCUT2D eigenvalue weighted by Gasteiger charge is 2.31. The molecule has 4 heterocycles. The highest BCUT2D eigenvalue weighted by Crippen LogP contribution is 2.35. The van der Waals surface area contributed by atoms with E-state index in [1.165, 1.54) is 10.5 Å². The lowest BCUT2D eigenvalue weighted by molar-refractivity contribution is -0.0990. The first-order chi connectivity index (χ1) is 14.7. The maximum Gasteiger partial charge on any atom is 0.107 e. The van der Waals surface area contributed by atoms with E-state index in [0.29, 0.717) is 52.9 Å². The van der Waals surface area contributed by atoms with Gasteiger partial charge in [-0.05, 0) is 25.5 Å². The van der Waals surface area contributed by atoms with Crippen LogP contribution in [0.1, 0.15) is 11.1 Å². The average molecular weight is 424 g/mol. The van der Waals surface area contributed by atoms with E-state index in [2.05, 4.69) is 0 Å². The smallest absolute Gasteiger partial charge is 0.107 e. The predicted molar refractivity (Wildman–Crippen MR) is 104 cm³/mol. The number of rotatable bonds is 14. The fourth-order valence-electron chi connectivity index (χ4n) is 2.91. The van der Waals surface area contributed by atoms with Gasteiger partial charge in [0.25, 0.3) is 0 Å². The Morgan fingerprint density at radius 1 is 0.700 bits per heavy atom. The van der Waals surface area contributed by atoms with E-state index in [1.807, 2.05) is 26.0 Å². The number of benzene rings is 1. The lowest BCUT2D eigenvalue weighted by Gasteiger charge is -2.29. The molecule has 4 aliphatic heterocycles. The molecule has 4 fully saturated rings. The molecule has 10 heteroatoms. The molecule has 30 heavy (non-hydrogen) atoms. The van der Waals surface area contributed by atoms with Crippen molar-refractivity contribution < 1.29 is 38.3 Å².